The molecule has 1 aliphatic rings. The third kappa shape index (κ3) is 5.30. The van der Waals surface area contributed by atoms with E-state index in [1.54, 1.807) is 11.8 Å². The number of hydrogen-bond donors (Lipinski definition) is 1. The Hall–Kier alpha value is -1.11. The van der Waals surface area contributed by atoms with Crippen LogP contribution in [-0.2, 0) is 19.4 Å². The van der Waals surface area contributed by atoms with Crippen molar-refractivity contribution in [2.75, 3.05) is 24.6 Å². The SMILES string of the molecule is CCC(C)C1NC(=O)CCN(CCCS(=O)(=O)CC)C1=O. The molecule has 0 aliphatic carbocycles. The van der Waals surface area contributed by atoms with E-state index in [2.05, 4.69) is 5.32 Å². The monoisotopic (exact) mass is 318 g/mol. The lowest BCUT2D eigenvalue weighted by atomic mass is 9.98. The van der Waals surface area contributed by atoms with E-state index in [0.717, 1.165) is 6.42 Å². The van der Waals surface area contributed by atoms with E-state index >= 15 is 0 Å². The van der Waals surface area contributed by atoms with Gasteiger partial charge < -0.3 is 10.2 Å². The Labute approximate surface area is 127 Å². The van der Waals surface area contributed by atoms with E-state index in [1.807, 2.05) is 13.8 Å². The van der Waals surface area contributed by atoms with E-state index in [1.165, 1.54) is 0 Å². The number of amides is 2. The first-order valence-corrected chi connectivity index (χ1v) is 9.41. The highest BCUT2D eigenvalue weighted by Gasteiger charge is 2.32. The second kappa shape index (κ2) is 7.77. The van der Waals surface area contributed by atoms with Crippen LogP contribution in [0.2, 0.25) is 0 Å². The van der Waals surface area contributed by atoms with Crippen molar-refractivity contribution in [2.24, 2.45) is 5.92 Å². The first kappa shape index (κ1) is 17.9. The van der Waals surface area contributed by atoms with Gasteiger partial charge in [-0.05, 0) is 12.3 Å². The van der Waals surface area contributed by atoms with Crippen molar-refractivity contribution in [3.63, 3.8) is 0 Å². The van der Waals surface area contributed by atoms with Crippen LogP contribution in [0.1, 0.15) is 40.0 Å². The zero-order valence-corrected chi connectivity index (χ0v) is 13.9. The third-order valence-corrected chi connectivity index (χ3v) is 5.83. The largest absolute Gasteiger partial charge is 0.344 e. The predicted octanol–water partition coefficient (Wildman–Crippen LogP) is 0.574. The van der Waals surface area contributed by atoms with Crippen LogP contribution in [0.3, 0.4) is 0 Å². The molecular weight excluding hydrogens is 292 g/mol. The second-order valence-corrected chi connectivity index (χ2v) is 8.07. The lowest BCUT2D eigenvalue weighted by Crippen LogP contribution is -2.48. The third-order valence-electron chi connectivity index (χ3n) is 4.04. The Balaban J connectivity index is 2.68. The zero-order valence-electron chi connectivity index (χ0n) is 13.1. The maximum Gasteiger partial charge on any atom is 0.245 e. The van der Waals surface area contributed by atoms with Crippen LogP contribution in [0.4, 0.5) is 0 Å². The van der Waals surface area contributed by atoms with E-state index in [4.69, 9.17) is 0 Å². The molecule has 0 aromatic rings. The van der Waals surface area contributed by atoms with Gasteiger partial charge in [-0.1, -0.05) is 27.2 Å². The molecule has 1 aliphatic heterocycles. The Morgan fingerprint density at radius 2 is 2.00 bits per heavy atom. The number of sulfone groups is 1. The molecule has 2 unspecified atom stereocenters. The first-order valence-electron chi connectivity index (χ1n) is 7.59. The summed E-state index contributed by atoms with van der Waals surface area (Å²) in [6, 6.07) is -0.493. The standard InChI is InChI=1S/C14H26N2O4S/c1-4-11(3)13-14(18)16(9-7-12(17)15-13)8-6-10-21(19,20)5-2/h11,13H,4-10H2,1-3H3,(H,15,17). The van der Waals surface area contributed by atoms with Crippen LogP contribution in [0.5, 0.6) is 0 Å². The van der Waals surface area contributed by atoms with Gasteiger partial charge in [0, 0.05) is 25.3 Å². The van der Waals surface area contributed by atoms with Crippen molar-refractivity contribution in [1.29, 1.82) is 0 Å². The Bertz CT molecular complexity index is 475. The zero-order chi connectivity index (χ0) is 16.0. The fourth-order valence-electron chi connectivity index (χ4n) is 2.31. The summed E-state index contributed by atoms with van der Waals surface area (Å²) in [5.41, 5.74) is 0. The van der Waals surface area contributed by atoms with Crippen LogP contribution in [0, 0.1) is 5.92 Å². The summed E-state index contributed by atoms with van der Waals surface area (Å²) < 4.78 is 23.0. The summed E-state index contributed by atoms with van der Waals surface area (Å²) in [4.78, 5) is 25.8. The molecular formula is C14H26N2O4S. The normalized spacial score (nSPS) is 21.9. The van der Waals surface area contributed by atoms with E-state index in [0.29, 0.717) is 19.5 Å². The van der Waals surface area contributed by atoms with Crippen LogP contribution in [-0.4, -0.2) is 55.8 Å². The van der Waals surface area contributed by atoms with Gasteiger partial charge in [0.05, 0.1) is 5.75 Å². The second-order valence-electron chi connectivity index (χ2n) is 5.60. The summed E-state index contributed by atoms with van der Waals surface area (Å²) in [6.45, 7) is 6.29. The van der Waals surface area contributed by atoms with Crippen LogP contribution in [0.15, 0.2) is 0 Å². The lowest BCUT2D eigenvalue weighted by Gasteiger charge is -2.27. The van der Waals surface area contributed by atoms with Gasteiger partial charge in [0.15, 0.2) is 0 Å². The van der Waals surface area contributed by atoms with E-state index < -0.39 is 15.9 Å². The average molecular weight is 318 g/mol. The molecule has 0 bridgehead atoms. The molecule has 6 nitrogen and oxygen atoms in total. The highest BCUT2D eigenvalue weighted by molar-refractivity contribution is 7.91. The average Bonchev–Trinajstić information content (AvgIpc) is 2.59. The highest BCUT2D eigenvalue weighted by atomic mass is 32.2. The summed E-state index contributed by atoms with van der Waals surface area (Å²) in [6.07, 6.45) is 1.50. The fourth-order valence-corrected chi connectivity index (χ4v) is 3.17. The molecule has 0 saturated carbocycles. The minimum absolute atomic E-state index is 0.0708. The number of nitrogens with one attached hydrogen (secondary N) is 1. The molecule has 1 heterocycles. The van der Waals surface area contributed by atoms with E-state index in [-0.39, 0.29) is 35.7 Å². The summed E-state index contributed by atoms with van der Waals surface area (Å²) >= 11 is 0. The Morgan fingerprint density at radius 3 is 2.57 bits per heavy atom. The van der Waals surface area contributed by atoms with Crippen molar-refractivity contribution in [3.8, 4) is 0 Å². The number of rotatable bonds is 7. The van der Waals surface area contributed by atoms with Crippen molar-refractivity contribution in [1.82, 2.24) is 10.2 Å². The minimum Gasteiger partial charge on any atom is -0.344 e. The van der Waals surface area contributed by atoms with Crippen LogP contribution >= 0.6 is 0 Å². The van der Waals surface area contributed by atoms with Gasteiger partial charge in [0.25, 0.3) is 0 Å². The Morgan fingerprint density at radius 1 is 1.33 bits per heavy atom. The summed E-state index contributed by atoms with van der Waals surface area (Å²) in [7, 11) is -3.01. The van der Waals surface area contributed by atoms with Gasteiger partial charge in [-0.3, -0.25) is 9.59 Å². The fraction of sp³-hybridized carbons (Fsp3) is 0.857. The molecule has 122 valence electrons. The number of carbonyl (C=O) groups is 2. The first-order chi connectivity index (χ1) is 9.80. The molecule has 1 rings (SSSR count). The summed E-state index contributed by atoms with van der Waals surface area (Å²) in [5, 5.41) is 2.78. The molecule has 1 fully saturated rings. The van der Waals surface area contributed by atoms with Crippen molar-refractivity contribution in [2.45, 2.75) is 46.1 Å². The molecule has 0 radical (unpaired) electrons. The summed E-state index contributed by atoms with van der Waals surface area (Å²) in [5.74, 6) is 0.0712. The molecule has 2 atom stereocenters. The van der Waals surface area contributed by atoms with Crippen molar-refractivity contribution in [3.05, 3.63) is 0 Å². The van der Waals surface area contributed by atoms with Gasteiger partial charge >= 0.3 is 0 Å². The molecule has 0 aromatic heterocycles. The Kier molecular flexibility index (Phi) is 6.64. The molecule has 0 aromatic carbocycles. The van der Waals surface area contributed by atoms with Gasteiger partial charge in [0.1, 0.15) is 15.9 Å². The van der Waals surface area contributed by atoms with Crippen LogP contribution < -0.4 is 5.32 Å². The molecule has 0 spiro atoms. The topological polar surface area (TPSA) is 83.6 Å². The maximum absolute atomic E-state index is 12.5. The number of nitrogens with zero attached hydrogens (tertiary/aromatic N) is 1. The quantitative estimate of drug-likeness (QED) is 0.744. The predicted molar refractivity (Wildman–Crippen MR) is 81.5 cm³/mol. The van der Waals surface area contributed by atoms with E-state index in [9.17, 15) is 18.0 Å². The number of hydrogen-bond acceptors (Lipinski definition) is 4. The van der Waals surface area contributed by atoms with Gasteiger partial charge in [-0.2, -0.15) is 0 Å². The van der Waals surface area contributed by atoms with Gasteiger partial charge in [0.2, 0.25) is 11.8 Å². The molecule has 1 saturated heterocycles. The highest BCUT2D eigenvalue weighted by Crippen LogP contribution is 2.14. The maximum atomic E-state index is 12.5. The molecule has 7 heteroatoms. The smallest absolute Gasteiger partial charge is 0.245 e. The molecule has 21 heavy (non-hydrogen) atoms. The van der Waals surface area contributed by atoms with Crippen molar-refractivity contribution >= 4 is 21.7 Å². The van der Waals surface area contributed by atoms with Gasteiger partial charge in [-0.25, -0.2) is 8.42 Å². The minimum atomic E-state index is -3.01. The van der Waals surface area contributed by atoms with Crippen LogP contribution in [0.25, 0.3) is 0 Å². The molecule has 2 amide bonds. The molecule has 1 N–H and O–H groups in total. The van der Waals surface area contributed by atoms with Crippen molar-refractivity contribution < 1.29 is 18.0 Å². The number of carbonyl (C=O) groups excluding carboxylic acids is 2. The lowest BCUT2D eigenvalue weighted by molar-refractivity contribution is -0.134. The van der Waals surface area contributed by atoms with Gasteiger partial charge in [-0.15, -0.1) is 0 Å².